The molecule has 0 saturated heterocycles. The van der Waals surface area contributed by atoms with Gasteiger partial charge in [-0.3, -0.25) is 9.78 Å². The first-order valence-electron chi connectivity index (χ1n) is 3.37. The Balaban J connectivity index is 3.41. The third kappa shape index (κ3) is 1.79. The second-order valence-electron chi connectivity index (χ2n) is 2.35. The van der Waals surface area contributed by atoms with Crippen molar-refractivity contribution in [2.24, 2.45) is 5.73 Å². The predicted molar refractivity (Wildman–Crippen MR) is 42.7 cm³/mol. The summed E-state index contributed by atoms with van der Waals surface area (Å²) in [6.07, 6.45) is -2.51. The molecule has 76 valence electrons. The number of nitrogens with zero attached hydrogens (tertiary/aromatic N) is 1. The van der Waals surface area contributed by atoms with E-state index in [0.29, 0.717) is 6.20 Å². The molecule has 1 heterocycles. The van der Waals surface area contributed by atoms with Crippen LogP contribution in [0.3, 0.4) is 0 Å². The molecule has 0 aromatic carbocycles. The van der Waals surface area contributed by atoms with Crippen LogP contribution in [-0.2, 0) is 0 Å². The summed E-state index contributed by atoms with van der Waals surface area (Å²) in [7, 11) is 0. The highest BCUT2D eigenvalue weighted by molar-refractivity contribution is 6.34. The van der Waals surface area contributed by atoms with E-state index in [1.807, 2.05) is 0 Å². The molecule has 0 bridgehead atoms. The summed E-state index contributed by atoms with van der Waals surface area (Å²) in [6, 6.07) is 0. The summed E-state index contributed by atoms with van der Waals surface area (Å²) >= 11 is 5.32. The third-order valence-corrected chi connectivity index (χ3v) is 1.84. The summed E-state index contributed by atoms with van der Waals surface area (Å²) in [5.74, 6) is -2.33. The lowest BCUT2D eigenvalue weighted by atomic mass is 10.2. The Labute approximate surface area is 81.7 Å². The van der Waals surface area contributed by atoms with Crippen molar-refractivity contribution in [3.8, 4) is 0 Å². The van der Waals surface area contributed by atoms with Gasteiger partial charge in [-0.1, -0.05) is 11.6 Å². The number of primary amides is 1. The van der Waals surface area contributed by atoms with Crippen molar-refractivity contribution >= 4 is 17.5 Å². The molecule has 0 fully saturated rings. The quantitative estimate of drug-likeness (QED) is 0.834. The van der Waals surface area contributed by atoms with Gasteiger partial charge in [0.2, 0.25) is 0 Å². The Morgan fingerprint density at radius 3 is 2.57 bits per heavy atom. The highest BCUT2D eigenvalue weighted by Gasteiger charge is 2.22. The van der Waals surface area contributed by atoms with E-state index in [-0.39, 0.29) is 0 Å². The fraction of sp³-hybridized carbons (Fsp3) is 0.143. The number of pyridine rings is 1. The van der Waals surface area contributed by atoms with E-state index >= 15 is 0 Å². The maximum absolute atomic E-state index is 12.9. The molecule has 0 unspecified atom stereocenters. The molecule has 0 aliphatic rings. The summed E-state index contributed by atoms with van der Waals surface area (Å²) in [6.45, 7) is 0. The van der Waals surface area contributed by atoms with Crippen LogP contribution in [0.1, 0.15) is 22.5 Å². The molecular weight excluding hydrogens is 221 g/mol. The molecule has 1 rings (SSSR count). The van der Waals surface area contributed by atoms with E-state index in [1.54, 1.807) is 0 Å². The first-order chi connectivity index (χ1) is 6.45. The van der Waals surface area contributed by atoms with Crippen LogP contribution in [0.5, 0.6) is 0 Å². The lowest BCUT2D eigenvalue weighted by molar-refractivity contribution is 0.0995. The standard InChI is InChI=1S/C7H4ClF3N2O/c8-4-3(7(12)14)2(9)1-13-5(4)6(10)11/h1,6H,(H2,12,14). The molecule has 0 atom stereocenters. The van der Waals surface area contributed by atoms with Crippen LogP contribution in [0, 0.1) is 5.82 Å². The number of nitrogens with two attached hydrogens (primary N) is 1. The van der Waals surface area contributed by atoms with Crippen LogP contribution in [0.2, 0.25) is 5.02 Å². The number of carbonyl (C=O) groups excluding carboxylic acids is 1. The second kappa shape index (κ2) is 3.83. The van der Waals surface area contributed by atoms with Gasteiger partial charge >= 0.3 is 0 Å². The van der Waals surface area contributed by atoms with Crippen LogP contribution in [0.15, 0.2) is 6.20 Å². The summed E-state index contributed by atoms with van der Waals surface area (Å²) in [5, 5.41) is -0.743. The number of alkyl halides is 2. The van der Waals surface area contributed by atoms with E-state index in [0.717, 1.165) is 0 Å². The van der Waals surface area contributed by atoms with E-state index in [1.165, 1.54) is 0 Å². The van der Waals surface area contributed by atoms with Gasteiger partial charge in [-0.2, -0.15) is 0 Å². The zero-order chi connectivity index (χ0) is 10.9. The molecule has 1 aromatic rings. The number of rotatable bonds is 2. The average Bonchev–Trinajstić information content (AvgIpc) is 2.02. The Hall–Kier alpha value is -1.30. The number of aromatic nitrogens is 1. The summed E-state index contributed by atoms with van der Waals surface area (Å²) in [5.41, 5.74) is 3.12. The maximum Gasteiger partial charge on any atom is 0.281 e. The topological polar surface area (TPSA) is 56.0 Å². The van der Waals surface area contributed by atoms with Crippen LogP contribution < -0.4 is 5.73 Å². The minimum absolute atomic E-state index is 0.480. The molecule has 7 heteroatoms. The van der Waals surface area contributed by atoms with Gasteiger partial charge in [-0.15, -0.1) is 0 Å². The molecule has 1 amide bonds. The van der Waals surface area contributed by atoms with Crippen molar-refractivity contribution in [2.75, 3.05) is 0 Å². The van der Waals surface area contributed by atoms with Crippen LogP contribution in [0.4, 0.5) is 13.2 Å². The molecule has 1 aromatic heterocycles. The minimum Gasteiger partial charge on any atom is -0.365 e. The van der Waals surface area contributed by atoms with Gasteiger partial charge in [0.05, 0.1) is 16.8 Å². The average molecular weight is 225 g/mol. The SMILES string of the molecule is NC(=O)c1c(F)cnc(C(F)F)c1Cl. The normalized spacial score (nSPS) is 10.6. The van der Waals surface area contributed by atoms with Gasteiger partial charge < -0.3 is 5.73 Å². The van der Waals surface area contributed by atoms with Gasteiger partial charge in [0.1, 0.15) is 5.69 Å². The fourth-order valence-corrected chi connectivity index (χ4v) is 1.17. The Kier molecular flexibility index (Phi) is 2.95. The lowest BCUT2D eigenvalue weighted by Gasteiger charge is -2.05. The molecule has 0 spiro atoms. The van der Waals surface area contributed by atoms with Crippen molar-refractivity contribution in [2.45, 2.75) is 6.43 Å². The van der Waals surface area contributed by atoms with Crippen molar-refractivity contribution in [1.82, 2.24) is 4.98 Å². The van der Waals surface area contributed by atoms with Crippen LogP contribution in [-0.4, -0.2) is 10.9 Å². The molecular formula is C7H4ClF3N2O. The number of hydrogen-bond acceptors (Lipinski definition) is 2. The first kappa shape index (κ1) is 10.8. The van der Waals surface area contributed by atoms with Crippen molar-refractivity contribution < 1.29 is 18.0 Å². The van der Waals surface area contributed by atoms with Crippen molar-refractivity contribution in [1.29, 1.82) is 0 Å². The van der Waals surface area contributed by atoms with Crippen molar-refractivity contribution in [3.63, 3.8) is 0 Å². The second-order valence-corrected chi connectivity index (χ2v) is 2.72. The lowest BCUT2D eigenvalue weighted by Crippen LogP contribution is -2.15. The zero-order valence-electron chi connectivity index (χ0n) is 6.60. The zero-order valence-corrected chi connectivity index (χ0v) is 7.36. The van der Waals surface area contributed by atoms with Gasteiger partial charge in [0.25, 0.3) is 12.3 Å². The fourth-order valence-electron chi connectivity index (χ4n) is 0.858. The number of halogens is 4. The van der Waals surface area contributed by atoms with E-state index in [4.69, 9.17) is 17.3 Å². The molecule has 0 saturated carbocycles. The number of amides is 1. The third-order valence-electron chi connectivity index (χ3n) is 1.45. The molecule has 2 N–H and O–H groups in total. The first-order valence-corrected chi connectivity index (χ1v) is 3.74. The molecule has 0 radical (unpaired) electrons. The van der Waals surface area contributed by atoms with Gasteiger partial charge in [0.15, 0.2) is 5.82 Å². The minimum atomic E-state index is -2.99. The highest BCUT2D eigenvalue weighted by atomic mass is 35.5. The smallest absolute Gasteiger partial charge is 0.281 e. The maximum atomic E-state index is 12.9. The van der Waals surface area contributed by atoms with Crippen LogP contribution in [0.25, 0.3) is 0 Å². The molecule has 14 heavy (non-hydrogen) atoms. The Bertz CT molecular complexity index is 383. The van der Waals surface area contributed by atoms with Gasteiger partial charge in [-0.25, -0.2) is 13.2 Å². The highest BCUT2D eigenvalue weighted by Crippen LogP contribution is 2.28. The summed E-state index contributed by atoms with van der Waals surface area (Å²) < 4.78 is 37.2. The molecule has 0 aliphatic heterocycles. The van der Waals surface area contributed by atoms with Crippen LogP contribution >= 0.6 is 11.6 Å². The molecule has 0 aliphatic carbocycles. The number of hydrogen-bond donors (Lipinski definition) is 1. The van der Waals surface area contributed by atoms with E-state index in [2.05, 4.69) is 4.98 Å². The Morgan fingerprint density at radius 1 is 1.57 bits per heavy atom. The van der Waals surface area contributed by atoms with E-state index < -0.39 is 34.4 Å². The Morgan fingerprint density at radius 2 is 2.14 bits per heavy atom. The predicted octanol–water partition coefficient (Wildman–Crippen LogP) is 1.91. The van der Waals surface area contributed by atoms with Gasteiger partial charge in [0, 0.05) is 0 Å². The van der Waals surface area contributed by atoms with Crippen molar-refractivity contribution in [3.05, 3.63) is 28.3 Å². The van der Waals surface area contributed by atoms with E-state index in [9.17, 15) is 18.0 Å². The molecule has 3 nitrogen and oxygen atoms in total. The van der Waals surface area contributed by atoms with Gasteiger partial charge in [-0.05, 0) is 0 Å². The largest absolute Gasteiger partial charge is 0.365 e. The number of carbonyl (C=O) groups is 1. The monoisotopic (exact) mass is 224 g/mol. The summed E-state index contributed by atoms with van der Waals surface area (Å²) in [4.78, 5) is 13.7.